The maximum atomic E-state index is 11.8. The van der Waals surface area contributed by atoms with Crippen molar-refractivity contribution in [3.63, 3.8) is 0 Å². The molecule has 21 heavy (non-hydrogen) atoms. The Kier molecular flexibility index (Phi) is 3.70. The van der Waals surface area contributed by atoms with E-state index in [0.29, 0.717) is 13.0 Å². The van der Waals surface area contributed by atoms with Crippen LogP contribution in [0.25, 0.3) is 10.6 Å². The van der Waals surface area contributed by atoms with Crippen LogP contribution in [0.15, 0.2) is 35.7 Å². The maximum absolute atomic E-state index is 11.8. The third-order valence-electron chi connectivity index (χ3n) is 3.46. The predicted molar refractivity (Wildman–Crippen MR) is 78.6 cm³/mol. The van der Waals surface area contributed by atoms with Crippen molar-refractivity contribution in [2.45, 2.75) is 13.0 Å². The number of rotatable bonds is 5. The zero-order valence-corrected chi connectivity index (χ0v) is 12.0. The van der Waals surface area contributed by atoms with Crippen LogP contribution in [0.2, 0.25) is 0 Å². The maximum Gasteiger partial charge on any atom is 0.307 e. The summed E-state index contributed by atoms with van der Waals surface area (Å²) in [5, 5.41) is 14.4. The lowest BCUT2D eigenvalue weighted by atomic mass is 10.2. The molecule has 1 saturated carbocycles. The number of hydrogen-bond donors (Lipinski definition) is 2. The smallest absolute Gasteiger partial charge is 0.307 e. The van der Waals surface area contributed by atoms with E-state index in [9.17, 15) is 9.59 Å². The second kappa shape index (κ2) is 5.65. The molecule has 1 aromatic carbocycles. The van der Waals surface area contributed by atoms with Crippen molar-refractivity contribution < 1.29 is 14.7 Å². The van der Waals surface area contributed by atoms with E-state index in [1.165, 1.54) is 11.3 Å². The molecular formula is C15H14N2O3S. The number of hydrogen-bond acceptors (Lipinski definition) is 4. The van der Waals surface area contributed by atoms with Gasteiger partial charge in [-0.15, -0.1) is 11.3 Å². The molecule has 5 nitrogen and oxygen atoms in total. The molecule has 0 unspecified atom stereocenters. The van der Waals surface area contributed by atoms with Gasteiger partial charge in [0.25, 0.3) is 0 Å². The lowest BCUT2D eigenvalue weighted by Gasteiger charge is -2.01. The van der Waals surface area contributed by atoms with E-state index in [1.54, 1.807) is 0 Å². The molecule has 1 heterocycles. The summed E-state index contributed by atoms with van der Waals surface area (Å²) < 4.78 is 0. The predicted octanol–water partition coefficient (Wildman–Crippen LogP) is 2.15. The SMILES string of the molecule is O=C(O)[C@H]1C[C@H]1C(=O)NCc1csc(-c2ccccc2)n1. The van der Waals surface area contributed by atoms with Crippen LogP contribution in [0.1, 0.15) is 12.1 Å². The number of aromatic nitrogens is 1. The van der Waals surface area contributed by atoms with E-state index in [4.69, 9.17) is 5.11 Å². The van der Waals surface area contributed by atoms with Crippen LogP contribution < -0.4 is 5.32 Å². The van der Waals surface area contributed by atoms with Crippen LogP contribution >= 0.6 is 11.3 Å². The Hall–Kier alpha value is -2.21. The molecule has 2 atom stereocenters. The first-order valence-corrected chi connectivity index (χ1v) is 7.53. The van der Waals surface area contributed by atoms with Crippen molar-refractivity contribution in [1.82, 2.24) is 10.3 Å². The molecule has 1 fully saturated rings. The monoisotopic (exact) mass is 302 g/mol. The highest BCUT2D eigenvalue weighted by atomic mass is 32.1. The molecule has 1 aliphatic rings. The van der Waals surface area contributed by atoms with E-state index in [0.717, 1.165) is 16.3 Å². The van der Waals surface area contributed by atoms with Gasteiger partial charge < -0.3 is 10.4 Å². The molecule has 0 saturated heterocycles. The largest absolute Gasteiger partial charge is 0.481 e. The summed E-state index contributed by atoms with van der Waals surface area (Å²) in [6.45, 7) is 0.338. The fraction of sp³-hybridized carbons (Fsp3) is 0.267. The van der Waals surface area contributed by atoms with Gasteiger partial charge in [0.2, 0.25) is 5.91 Å². The van der Waals surface area contributed by atoms with E-state index in [2.05, 4.69) is 10.3 Å². The molecule has 2 N–H and O–H groups in total. The highest BCUT2D eigenvalue weighted by Gasteiger charge is 2.48. The number of carbonyl (C=O) groups excluding carboxylic acids is 1. The zero-order valence-electron chi connectivity index (χ0n) is 11.2. The fourth-order valence-corrected chi connectivity index (χ4v) is 2.99. The third kappa shape index (κ3) is 3.11. The molecule has 1 aromatic heterocycles. The molecule has 1 aliphatic carbocycles. The average molecular weight is 302 g/mol. The quantitative estimate of drug-likeness (QED) is 0.887. The van der Waals surface area contributed by atoms with Gasteiger partial charge in [-0.05, 0) is 6.42 Å². The van der Waals surface area contributed by atoms with Gasteiger partial charge in [0, 0.05) is 10.9 Å². The van der Waals surface area contributed by atoms with Gasteiger partial charge in [0.15, 0.2) is 0 Å². The van der Waals surface area contributed by atoms with Crippen LogP contribution in [-0.2, 0) is 16.1 Å². The minimum atomic E-state index is -0.893. The molecule has 0 radical (unpaired) electrons. The Morgan fingerprint density at radius 3 is 2.71 bits per heavy atom. The Labute approximate surface area is 125 Å². The minimum Gasteiger partial charge on any atom is -0.481 e. The molecule has 0 bridgehead atoms. The second-order valence-electron chi connectivity index (χ2n) is 5.01. The van der Waals surface area contributed by atoms with Crippen LogP contribution in [-0.4, -0.2) is 22.0 Å². The molecule has 6 heteroatoms. The number of amides is 1. The zero-order chi connectivity index (χ0) is 14.8. The Balaban J connectivity index is 1.56. The number of carboxylic acid groups (broad SMARTS) is 1. The first kappa shape index (κ1) is 13.8. The Morgan fingerprint density at radius 2 is 2.05 bits per heavy atom. The average Bonchev–Trinajstić information content (AvgIpc) is 3.17. The number of carbonyl (C=O) groups is 2. The number of carboxylic acids is 1. The van der Waals surface area contributed by atoms with Crippen molar-refractivity contribution in [3.8, 4) is 10.6 Å². The molecule has 108 valence electrons. The molecule has 1 amide bonds. The molecule has 2 aromatic rings. The molecule has 0 aliphatic heterocycles. The third-order valence-corrected chi connectivity index (χ3v) is 4.40. The first-order valence-electron chi connectivity index (χ1n) is 6.65. The van der Waals surface area contributed by atoms with Crippen molar-refractivity contribution in [2.75, 3.05) is 0 Å². The molecular weight excluding hydrogens is 288 g/mol. The van der Waals surface area contributed by atoms with Gasteiger partial charge in [0.05, 0.1) is 24.1 Å². The summed E-state index contributed by atoms with van der Waals surface area (Å²) in [6, 6.07) is 9.84. The van der Waals surface area contributed by atoms with E-state index >= 15 is 0 Å². The van der Waals surface area contributed by atoms with E-state index in [1.807, 2.05) is 35.7 Å². The second-order valence-corrected chi connectivity index (χ2v) is 5.87. The summed E-state index contributed by atoms with van der Waals surface area (Å²) >= 11 is 1.53. The van der Waals surface area contributed by atoms with Crippen molar-refractivity contribution in [2.24, 2.45) is 11.8 Å². The van der Waals surface area contributed by atoms with Gasteiger partial charge >= 0.3 is 5.97 Å². The number of nitrogens with zero attached hydrogens (tertiary/aromatic N) is 1. The van der Waals surface area contributed by atoms with E-state index in [-0.39, 0.29) is 11.8 Å². The van der Waals surface area contributed by atoms with Gasteiger partial charge in [-0.3, -0.25) is 9.59 Å². The standard InChI is InChI=1S/C15H14N2O3S/c18-13(11-6-12(11)15(19)20)16-7-10-8-21-14(17-10)9-4-2-1-3-5-9/h1-5,8,11-12H,6-7H2,(H,16,18)(H,19,20)/t11-,12+/m1/s1. The minimum absolute atomic E-state index is 0.198. The summed E-state index contributed by atoms with van der Waals surface area (Å²) in [6.07, 6.45) is 0.438. The number of benzene rings is 1. The summed E-state index contributed by atoms with van der Waals surface area (Å²) in [5.74, 6) is -1.98. The normalized spacial score (nSPS) is 20.0. The van der Waals surface area contributed by atoms with Crippen molar-refractivity contribution in [1.29, 1.82) is 0 Å². The highest BCUT2D eigenvalue weighted by Crippen LogP contribution is 2.38. The van der Waals surface area contributed by atoms with Crippen LogP contribution in [0.3, 0.4) is 0 Å². The topological polar surface area (TPSA) is 79.3 Å². The van der Waals surface area contributed by atoms with Crippen LogP contribution in [0, 0.1) is 11.8 Å². The van der Waals surface area contributed by atoms with E-state index < -0.39 is 11.9 Å². The van der Waals surface area contributed by atoms with Gasteiger partial charge in [-0.2, -0.15) is 0 Å². The van der Waals surface area contributed by atoms with Gasteiger partial charge in [-0.25, -0.2) is 4.98 Å². The van der Waals surface area contributed by atoms with Crippen molar-refractivity contribution >= 4 is 23.2 Å². The summed E-state index contributed by atoms with van der Waals surface area (Å²) in [7, 11) is 0. The lowest BCUT2D eigenvalue weighted by Crippen LogP contribution is -2.26. The molecule has 3 rings (SSSR count). The number of thiazole rings is 1. The highest BCUT2D eigenvalue weighted by molar-refractivity contribution is 7.13. The fourth-order valence-electron chi connectivity index (χ4n) is 2.17. The molecule has 0 spiro atoms. The lowest BCUT2D eigenvalue weighted by molar-refractivity contribution is -0.140. The number of aliphatic carboxylic acids is 1. The summed E-state index contributed by atoms with van der Waals surface area (Å²) in [4.78, 5) is 27.0. The van der Waals surface area contributed by atoms with Gasteiger partial charge in [-0.1, -0.05) is 30.3 Å². The van der Waals surface area contributed by atoms with Crippen LogP contribution in [0.5, 0.6) is 0 Å². The summed E-state index contributed by atoms with van der Waals surface area (Å²) in [5.41, 5.74) is 1.84. The number of nitrogens with one attached hydrogen (secondary N) is 1. The first-order chi connectivity index (χ1) is 10.1. The Morgan fingerprint density at radius 1 is 1.29 bits per heavy atom. The van der Waals surface area contributed by atoms with Crippen LogP contribution in [0.4, 0.5) is 0 Å². The van der Waals surface area contributed by atoms with Gasteiger partial charge in [0.1, 0.15) is 5.01 Å². The van der Waals surface area contributed by atoms with Crippen molar-refractivity contribution in [3.05, 3.63) is 41.4 Å². The Bertz CT molecular complexity index is 669.